The van der Waals surface area contributed by atoms with E-state index in [0.29, 0.717) is 28.1 Å². The van der Waals surface area contributed by atoms with Crippen molar-refractivity contribution in [2.75, 3.05) is 6.61 Å². The van der Waals surface area contributed by atoms with Gasteiger partial charge in [0.05, 0.1) is 5.56 Å². The van der Waals surface area contributed by atoms with Gasteiger partial charge in [-0.1, -0.05) is 12.1 Å². The van der Waals surface area contributed by atoms with Crippen molar-refractivity contribution in [1.82, 2.24) is 9.88 Å². The lowest BCUT2D eigenvalue weighted by Gasteiger charge is -2.11. The highest BCUT2D eigenvalue weighted by Gasteiger charge is 2.31. The molecule has 2 amide bonds. The quantitative estimate of drug-likeness (QED) is 0.746. The molecule has 0 saturated heterocycles. The number of nitrogens with two attached hydrogens (primary N) is 1. The zero-order valence-corrected chi connectivity index (χ0v) is 14.0. The van der Waals surface area contributed by atoms with Crippen LogP contribution in [0.5, 0.6) is 5.75 Å². The molecule has 1 aromatic heterocycles. The summed E-state index contributed by atoms with van der Waals surface area (Å²) in [5.74, 6) is -0.818. The Morgan fingerprint density at radius 1 is 1.11 bits per heavy atom. The van der Waals surface area contributed by atoms with Crippen molar-refractivity contribution in [1.29, 1.82) is 0 Å². The average molecular weight is 383 g/mol. The summed E-state index contributed by atoms with van der Waals surface area (Å²) in [6.45, 7) is -0.701. The third kappa shape index (κ3) is 6.17. The van der Waals surface area contributed by atoms with Gasteiger partial charge in [0.25, 0.3) is 11.5 Å². The highest BCUT2D eigenvalue weighted by Crippen LogP contribution is 2.27. The number of primary amides is 1. The van der Waals surface area contributed by atoms with Crippen molar-refractivity contribution in [2.45, 2.75) is 19.3 Å². The Kier molecular flexibility index (Phi) is 6.22. The lowest BCUT2D eigenvalue weighted by Crippen LogP contribution is -2.32. The molecule has 0 bridgehead atoms. The number of ether oxygens (including phenoxy) is 1. The van der Waals surface area contributed by atoms with Crippen molar-refractivity contribution < 1.29 is 27.5 Å². The average Bonchev–Trinajstić information content (AvgIpc) is 2.60. The Bertz CT molecular complexity index is 876. The van der Waals surface area contributed by atoms with Crippen LogP contribution in [0.4, 0.5) is 13.2 Å². The van der Waals surface area contributed by atoms with Crippen LogP contribution >= 0.6 is 0 Å². The number of hydrogen-bond acceptors (Lipinski definition) is 4. The smallest absolute Gasteiger partial charge is 0.417 e. The maximum Gasteiger partial charge on any atom is 0.417 e. The van der Waals surface area contributed by atoms with E-state index in [4.69, 9.17) is 10.5 Å². The van der Waals surface area contributed by atoms with Gasteiger partial charge in [0.1, 0.15) is 12.3 Å². The maximum atomic E-state index is 12.7. The summed E-state index contributed by atoms with van der Waals surface area (Å²) >= 11 is 0. The molecule has 7 nitrogen and oxygen atoms in total. The number of halogens is 3. The highest BCUT2D eigenvalue weighted by molar-refractivity contribution is 5.76. The van der Waals surface area contributed by atoms with Gasteiger partial charge in [0.2, 0.25) is 5.91 Å². The predicted molar refractivity (Wildman–Crippen MR) is 88.7 cm³/mol. The van der Waals surface area contributed by atoms with Gasteiger partial charge in [-0.05, 0) is 23.8 Å². The number of aromatic nitrogens is 1. The molecule has 2 rings (SSSR count). The van der Waals surface area contributed by atoms with Gasteiger partial charge in [-0.25, -0.2) is 0 Å². The summed E-state index contributed by atoms with van der Waals surface area (Å²) < 4.78 is 43.8. The van der Waals surface area contributed by atoms with E-state index >= 15 is 0 Å². The molecule has 10 heteroatoms. The number of hydrogen-bond donors (Lipinski definition) is 2. The molecule has 0 atom stereocenters. The molecule has 0 unspecified atom stereocenters. The van der Waals surface area contributed by atoms with Crippen LogP contribution in [0.3, 0.4) is 0 Å². The first-order valence-corrected chi connectivity index (χ1v) is 7.69. The number of carbonyl (C=O) groups is 2. The van der Waals surface area contributed by atoms with Crippen molar-refractivity contribution >= 4 is 11.8 Å². The first-order valence-electron chi connectivity index (χ1n) is 7.69. The summed E-state index contributed by atoms with van der Waals surface area (Å²) in [7, 11) is 0. The van der Waals surface area contributed by atoms with Gasteiger partial charge < -0.3 is 20.4 Å². The van der Waals surface area contributed by atoms with E-state index in [1.54, 1.807) is 24.3 Å². The summed E-state index contributed by atoms with van der Waals surface area (Å²) in [6, 6.07) is 7.84. The standard InChI is InChI=1S/C17H16F3N3O4/c18-17(19,20)12-3-6-16(26)23(8-12)9-15(25)22-7-11-1-4-13(5-2-11)27-10-14(21)24/h1-6,8H,7,9-10H2,(H2,21,24)(H,22,25). The lowest BCUT2D eigenvalue weighted by molar-refractivity contribution is -0.138. The minimum Gasteiger partial charge on any atom is -0.484 e. The Hall–Kier alpha value is -3.30. The molecule has 0 aliphatic heterocycles. The molecule has 144 valence electrons. The molecule has 0 fully saturated rings. The van der Waals surface area contributed by atoms with Crippen molar-refractivity contribution in [3.05, 3.63) is 64.1 Å². The van der Waals surface area contributed by atoms with Crippen LogP contribution in [0.2, 0.25) is 0 Å². The zero-order chi connectivity index (χ0) is 20.0. The molecule has 0 spiro atoms. The first-order chi connectivity index (χ1) is 12.6. The third-order valence-corrected chi connectivity index (χ3v) is 3.42. The monoisotopic (exact) mass is 383 g/mol. The van der Waals surface area contributed by atoms with E-state index in [2.05, 4.69) is 5.32 Å². The Balaban J connectivity index is 1.93. The normalized spacial score (nSPS) is 11.1. The van der Waals surface area contributed by atoms with Gasteiger partial charge in [-0.15, -0.1) is 0 Å². The van der Waals surface area contributed by atoms with E-state index in [0.717, 1.165) is 6.07 Å². The lowest BCUT2D eigenvalue weighted by atomic mass is 10.2. The minimum absolute atomic E-state index is 0.0998. The highest BCUT2D eigenvalue weighted by atomic mass is 19.4. The number of carbonyl (C=O) groups excluding carboxylic acids is 2. The second kappa shape index (κ2) is 8.39. The largest absolute Gasteiger partial charge is 0.484 e. The molecule has 0 saturated carbocycles. The van der Waals surface area contributed by atoms with Crippen LogP contribution in [0, 0.1) is 0 Å². The molecule has 0 aliphatic rings. The molecule has 2 aromatic rings. The number of alkyl halides is 3. The van der Waals surface area contributed by atoms with E-state index in [1.807, 2.05) is 0 Å². The predicted octanol–water partition coefficient (Wildman–Crippen LogP) is 1.05. The zero-order valence-electron chi connectivity index (χ0n) is 14.0. The van der Waals surface area contributed by atoms with Crippen LogP contribution in [0.15, 0.2) is 47.4 Å². The van der Waals surface area contributed by atoms with Gasteiger partial charge in [-0.2, -0.15) is 13.2 Å². The summed E-state index contributed by atoms with van der Waals surface area (Å²) in [5, 5.41) is 2.51. The molecule has 1 heterocycles. The summed E-state index contributed by atoms with van der Waals surface area (Å²) in [4.78, 5) is 34.2. The van der Waals surface area contributed by atoms with Crippen LogP contribution in [0.25, 0.3) is 0 Å². The molecule has 27 heavy (non-hydrogen) atoms. The molecule has 0 aliphatic carbocycles. The Labute approximate surface area is 151 Å². The van der Waals surface area contributed by atoms with Gasteiger partial charge in [0, 0.05) is 18.8 Å². The fraction of sp³-hybridized carbons (Fsp3) is 0.235. The SMILES string of the molecule is NC(=O)COc1ccc(CNC(=O)Cn2cc(C(F)(F)F)ccc2=O)cc1. The van der Waals surface area contributed by atoms with Crippen molar-refractivity contribution in [3.63, 3.8) is 0 Å². The summed E-state index contributed by atoms with van der Waals surface area (Å²) in [5.41, 5.74) is 3.92. The topological polar surface area (TPSA) is 103 Å². The molecular formula is C17H16F3N3O4. The number of nitrogens with one attached hydrogen (secondary N) is 1. The van der Waals surface area contributed by atoms with E-state index in [9.17, 15) is 27.6 Å². The fourth-order valence-corrected chi connectivity index (χ4v) is 2.09. The number of amides is 2. The third-order valence-electron chi connectivity index (χ3n) is 3.42. The van der Waals surface area contributed by atoms with E-state index in [1.165, 1.54) is 0 Å². The second-order valence-corrected chi connectivity index (χ2v) is 5.56. The molecule has 3 N–H and O–H groups in total. The fourth-order valence-electron chi connectivity index (χ4n) is 2.09. The Morgan fingerprint density at radius 3 is 2.37 bits per heavy atom. The van der Waals surface area contributed by atoms with Crippen LogP contribution in [-0.4, -0.2) is 23.0 Å². The first kappa shape index (κ1) is 20.0. The van der Waals surface area contributed by atoms with Gasteiger partial charge in [-0.3, -0.25) is 14.4 Å². The van der Waals surface area contributed by atoms with Crippen molar-refractivity contribution in [2.24, 2.45) is 5.73 Å². The molecule has 0 radical (unpaired) electrons. The van der Waals surface area contributed by atoms with E-state index < -0.39 is 35.7 Å². The van der Waals surface area contributed by atoms with E-state index in [-0.39, 0.29) is 13.2 Å². The maximum absolute atomic E-state index is 12.7. The van der Waals surface area contributed by atoms with Crippen molar-refractivity contribution in [3.8, 4) is 5.75 Å². The van der Waals surface area contributed by atoms with Crippen LogP contribution in [0.1, 0.15) is 11.1 Å². The van der Waals surface area contributed by atoms with Gasteiger partial charge in [0.15, 0.2) is 6.61 Å². The molecular weight excluding hydrogens is 367 g/mol. The number of benzene rings is 1. The molecule has 1 aromatic carbocycles. The summed E-state index contributed by atoms with van der Waals surface area (Å²) in [6.07, 6.45) is -4.00. The minimum atomic E-state index is -4.61. The Morgan fingerprint density at radius 2 is 1.78 bits per heavy atom. The number of rotatable bonds is 7. The number of nitrogens with zero attached hydrogens (tertiary/aromatic N) is 1. The number of pyridine rings is 1. The van der Waals surface area contributed by atoms with Crippen LogP contribution < -0.4 is 21.3 Å². The second-order valence-electron chi connectivity index (χ2n) is 5.56. The van der Waals surface area contributed by atoms with Crippen LogP contribution in [-0.2, 0) is 28.9 Å². The van der Waals surface area contributed by atoms with Gasteiger partial charge >= 0.3 is 6.18 Å².